The molecule has 1 aliphatic carbocycles. The number of benzene rings is 2. The summed E-state index contributed by atoms with van der Waals surface area (Å²) in [6, 6.07) is 15.5. The number of amides is 2. The zero-order valence-corrected chi connectivity index (χ0v) is 27.1. The van der Waals surface area contributed by atoms with Crippen molar-refractivity contribution in [3.63, 3.8) is 0 Å². The molecule has 2 amide bonds. The molecule has 0 aromatic heterocycles. The predicted molar refractivity (Wildman–Crippen MR) is 164 cm³/mol. The van der Waals surface area contributed by atoms with E-state index in [1.807, 2.05) is 30.1 Å². The maximum Gasteiger partial charge on any atom is 0.409 e. The van der Waals surface area contributed by atoms with Crippen molar-refractivity contribution in [1.29, 1.82) is 0 Å². The molecule has 2 aromatic carbocycles. The molecular formula is C31H42BrN3O6S. The van der Waals surface area contributed by atoms with Crippen molar-refractivity contribution in [3.8, 4) is 0 Å². The number of rotatable bonds is 5. The van der Waals surface area contributed by atoms with Crippen molar-refractivity contribution < 1.29 is 27.3 Å². The number of carbonyl (C=O) groups excluding carboxylic acids is 2. The second-order valence-corrected chi connectivity index (χ2v) is 14.8. The van der Waals surface area contributed by atoms with Gasteiger partial charge in [0.05, 0.1) is 17.0 Å². The lowest BCUT2D eigenvalue weighted by atomic mass is 9.72. The number of alkyl carbamates (subject to hydrolysis) is 1. The van der Waals surface area contributed by atoms with E-state index in [0.29, 0.717) is 18.3 Å². The Labute approximate surface area is 257 Å². The van der Waals surface area contributed by atoms with E-state index in [9.17, 15) is 18.0 Å². The lowest BCUT2D eigenvalue weighted by Crippen LogP contribution is -2.62. The fourth-order valence-electron chi connectivity index (χ4n) is 6.11. The fraction of sp³-hybridized carbons (Fsp3) is 0.548. The van der Waals surface area contributed by atoms with Gasteiger partial charge in [0.1, 0.15) is 0 Å². The first-order chi connectivity index (χ1) is 19.7. The molecule has 5 atom stereocenters. The molecule has 0 bridgehead atoms. The number of halogens is 1. The highest BCUT2D eigenvalue weighted by Crippen LogP contribution is 2.41. The normalized spacial score (nSPS) is 26.2. The van der Waals surface area contributed by atoms with Crippen LogP contribution < -0.4 is 5.32 Å². The first kappa shape index (κ1) is 32.4. The SMILES string of the molecule is CN(C(=O)[C@@H]1CC2CCCC[C@@H]2CN1[C@@H]1OC(=O)N[C@H]1Cc1ccccc1)C(C)(C)C.O=S(=O)(O)c1ccc(Br)cc1. The van der Waals surface area contributed by atoms with Gasteiger partial charge in [-0.1, -0.05) is 65.5 Å². The monoisotopic (exact) mass is 663 g/mol. The summed E-state index contributed by atoms with van der Waals surface area (Å²) in [7, 11) is -2.14. The van der Waals surface area contributed by atoms with Gasteiger partial charge in [0.15, 0.2) is 6.23 Å². The summed E-state index contributed by atoms with van der Waals surface area (Å²) in [5.74, 6) is 1.30. The van der Waals surface area contributed by atoms with Crippen molar-refractivity contribution in [2.24, 2.45) is 11.8 Å². The Morgan fingerprint density at radius 1 is 1.07 bits per heavy atom. The molecule has 2 aromatic rings. The van der Waals surface area contributed by atoms with Gasteiger partial charge in [-0.3, -0.25) is 14.2 Å². The van der Waals surface area contributed by atoms with Gasteiger partial charge < -0.3 is 15.0 Å². The number of fused-ring (bicyclic) bond motifs is 1. The summed E-state index contributed by atoms with van der Waals surface area (Å²) in [4.78, 5) is 29.9. The third-order valence-electron chi connectivity index (χ3n) is 8.67. The van der Waals surface area contributed by atoms with Crippen LogP contribution in [0.15, 0.2) is 64.0 Å². The quantitative estimate of drug-likeness (QED) is 0.406. The van der Waals surface area contributed by atoms with Crippen LogP contribution in [0.2, 0.25) is 0 Å². The van der Waals surface area contributed by atoms with Crippen LogP contribution in [0.4, 0.5) is 4.79 Å². The first-order valence-corrected chi connectivity index (χ1v) is 16.7. The van der Waals surface area contributed by atoms with Crippen LogP contribution in [0.5, 0.6) is 0 Å². The minimum absolute atomic E-state index is 0.0966. The summed E-state index contributed by atoms with van der Waals surface area (Å²) in [6.07, 6.45) is 5.67. The van der Waals surface area contributed by atoms with Crippen molar-refractivity contribution in [3.05, 3.63) is 64.6 Å². The van der Waals surface area contributed by atoms with Crippen LogP contribution in [-0.4, -0.2) is 72.2 Å². The number of ether oxygens (including phenoxy) is 1. The molecule has 3 fully saturated rings. The Kier molecular flexibility index (Phi) is 10.4. The number of carbonyl (C=O) groups is 2. The van der Waals surface area contributed by atoms with E-state index in [1.165, 1.54) is 37.8 Å². The molecule has 11 heteroatoms. The number of nitrogens with one attached hydrogen (secondary N) is 1. The van der Waals surface area contributed by atoms with Gasteiger partial charge in [0, 0.05) is 23.6 Å². The summed E-state index contributed by atoms with van der Waals surface area (Å²) in [5, 5.41) is 3.01. The molecule has 9 nitrogen and oxygen atoms in total. The van der Waals surface area contributed by atoms with Gasteiger partial charge in [-0.2, -0.15) is 8.42 Å². The van der Waals surface area contributed by atoms with Crippen molar-refractivity contribution >= 4 is 38.0 Å². The Morgan fingerprint density at radius 2 is 1.69 bits per heavy atom. The first-order valence-electron chi connectivity index (χ1n) is 14.5. The minimum atomic E-state index is -4.04. The lowest BCUT2D eigenvalue weighted by molar-refractivity contribution is -0.151. The summed E-state index contributed by atoms with van der Waals surface area (Å²) >= 11 is 3.14. The number of likely N-dealkylation sites (N-methyl/N-ethyl adjacent to an activating group) is 1. The molecule has 0 radical (unpaired) electrons. The summed E-state index contributed by atoms with van der Waals surface area (Å²) in [5.41, 5.74) is 0.908. The third kappa shape index (κ3) is 8.12. The van der Waals surface area contributed by atoms with Gasteiger partial charge in [-0.25, -0.2) is 4.79 Å². The molecule has 3 aliphatic rings. The molecule has 230 valence electrons. The molecule has 0 spiro atoms. The number of nitrogens with zero attached hydrogens (tertiary/aromatic N) is 2. The highest BCUT2D eigenvalue weighted by Gasteiger charge is 2.49. The van der Waals surface area contributed by atoms with Crippen molar-refractivity contribution in [1.82, 2.24) is 15.1 Å². The molecule has 42 heavy (non-hydrogen) atoms. The summed E-state index contributed by atoms with van der Waals surface area (Å²) < 4.78 is 36.1. The van der Waals surface area contributed by atoms with E-state index in [0.717, 1.165) is 23.0 Å². The average Bonchev–Trinajstić information content (AvgIpc) is 3.31. The van der Waals surface area contributed by atoms with Gasteiger partial charge >= 0.3 is 6.09 Å². The van der Waals surface area contributed by atoms with E-state index in [-0.39, 0.29) is 34.5 Å². The molecule has 2 saturated heterocycles. The highest BCUT2D eigenvalue weighted by atomic mass is 79.9. The van der Waals surface area contributed by atoms with Crippen LogP contribution >= 0.6 is 15.9 Å². The molecule has 2 N–H and O–H groups in total. The maximum atomic E-state index is 13.7. The van der Waals surface area contributed by atoms with Crippen LogP contribution in [0.3, 0.4) is 0 Å². The number of hydrogen-bond donors (Lipinski definition) is 2. The smallest absolute Gasteiger partial charge is 0.409 e. The van der Waals surface area contributed by atoms with E-state index >= 15 is 0 Å². The van der Waals surface area contributed by atoms with Gasteiger partial charge in [-0.05, 0) is 81.7 Å². The van der Waals surface area contributed by atoms with Crippen LogP contribution in [-0.2, 0) is 26.1 Å². The fourth-order valence-corrected chi connectivity index (χ4v) is 6.85. The Hall–Kier alpha value is -2.47. The van der Waals surface area contributed by atoms with E-state index in [2.05, 4.69) is 59.1 Å². The van der Waals surface area contributed by atoms with Gasteiger partial charge in [0.2, 0.25) is 5.91 Å². The predicted octanol–water partition coefficient (Wildman–Crippen LogP) is 5.50. The Morgan fingerprint density at radius 3 is 2.29 bits per heavy atom. The largest absolute Gasteiger partial charge is 0.428 e. The Balaban J connectivity index is 0.000000310. The minimum Gasteiger partial charge on any atom is -0.428 e. The number of hydrogen-bond acceptors (Lipinski definition) is 6. The molecule has 2 aliphatic heterocycles. The second kappa shape index (κ2) is 13.4. The molecule has 2 heterocycles. The topological polar surface area (TPSA) is 116 Å². The van der Waals surface area contributed by atoms with Crippen molar-refractivity contribution in [2.75, 3.05) is 13.6 Å². The van der Waals surface area contributed by atoms with Crippen LogP contribution in [0, 0.1) is 11.8 Å². The highest BCUT2D eigenvalue weighted by molar-refractivity contribution is 9.10. The number of likely N-dealkylation sites (tertiary alicyclic amines) is 1. The second-order valence-electron chi connectivity index (χ2n) is 12.5. The standard InChI is InChI=1S/C25H37N3O3.C6H5BrO3S/c1-25(2,3)27(4)22(29)21-15-18-12-8-9-13-19(18)16-28(21)23-20(26-24(30)31-23)14-17-10-6-5-7-11-17;7-5-1-3-6(4-2-5)11(8,9)10/h5-7,10-11,18-21,23H,8-9,12-16H2,1-4H3,(H,26,30);1-4H,(H,8,9,10)/t18?,19-,20+,21+,23-;/m1./s1. The molecule has 1 saturated carbocycles. The van der Waals surface area contributed by atoms with Gasteiger partial charge in [0.25, 0.3) is 10.1 Å². The van der Waals surface area contributed by atoms with E-state index in [1.54, 1.807) is 12.1 Å². The number of cyclic esters (lactones) is 1. The van der Waals surface area contributed by atoms with E-state index < -0.39 is 16.3 Å². The zero-order chi connectivity index (χ0) is 30.7. The Bertz CT molecular complexity index is 1330. The van der Waals surface area contributed by atoms with Crippen LogP contribution in [0.1, 0.15) is 58.4 Å². The number of piperidine rings is 1. The molecule has 1 unspecified atom stereocenters. The molecule has 5 rings (SSSR count). The maximum absolute atomic E-state index is 13.7. The lowest BCUT2D eigenvalue weighted by Gasteiger charge is -2.49. The van der Waals surface area contributed by atoms with Gasteiger partial charge in [-0.15, -0.1) is 0 Å². The third-order valence-corrected chi connectivity index (χ3v) is 10.1. The zero-order valence-electron chi connectivity index (χ0n) is 24.7. The van der Waals surface area contributed by atoms with Crippen LogP contribution in [0.25, 0.3) is 0 Å². The average molecular weight is 665 g/mol. The van der Waals surface area contributed by atoms with E-state index in [4.69, 9.17) is 9.29 Å². The van der Waals surface area contributed by atoms with Crippen molar-refractivity contribution in [2.45, 2.75) is 88.0 Å². The molecular weight excluding hydrogens is 622 g/mol. The summed E-state index contributed by atoms with van der Waals surface area (Å²) in [6.45, 7) is 7.02.